The Morgan fingerprint density at radius 1 is 1.12 bits per heavy atom. The quantitative estimate of drug-likeness (QED) is 0.635. The first-order chi connectivity index (χ1) is 12.4. The first-order valence-corrected chi connectivity index (χ1v) is 9.93. The van der Waals surface area contributed by atoms with Crippen LogP contribution in [0.3, 0.4) is 0 Å². The van der Waals surface area contributed by atoms with Crippen molar-refractivity contribution in [1.82, 2.24) is 9.21 Å². The van der Waals surface area contributed by atoms with Crippen LogP contribution in [-0.4, -0.2) is 48.6 Å². The highest BCUT2D eigenvalue weighted by Gasteiger charge is 2.39. The molecule has 2 aliphatic heterocycles. The van der Waals surface area contributed by atoms with Crippen molar-refractivity contribution in [2.24, 2.45) is 0 Å². The molecule has 0 aromatic heterocycles. The van der Waals surface area contributed by atoms with Gasteiger partial charge in [-0.25, -0.2) is 4.79 Å². The van der Waals surface area contributed by atoms with E-state index in [-0.39, 0.29) is 12.6 Å². The average Bonchev–Trinajstić information content (AvgIpc) is 3.10. The molecule has 0 aliphatic carbocycles. The molecule has 0 radical (unpaired) electrons. The van der Waals surface area contributed by atoms with E-state index >= 15 is 0 Å². The van der Waals surface area contributed by atoms with E-state index in [0.29, 0.717) is 25.2 Å². The fraction of sp³-hybridized carbons (Fsp3) is 0.278. The van der Waals surface area contributed by atoms with Gasteiger partial charge in [0.05, 0.1) is 11.7 Å². The van der Waals surface area contributed by atoms with E-state index in [9.17, 15) is 13.9 Å². The number of hydrogen-bond acceptors (Lipinski definition) is 5. The van der Waals surface area contributed by atoms with E-state index in [1.54, 1.807) is 4.31 Å². The molecular formula is C18H21N3O4S. The molecule has 4 rings (SSSR count). The second-order valence-electron chi connectivity index (χ2n) is 6.61. The van der Waals surface area contributed by atoms with E-state index in [1.165, 1.54) is 4.90 Å². The molecule has 2 aromatic rings. The number of benzene rings is 2. The van der Waals surface area contributed by atoms with Gasteiger partial charge in [0.25, 0.3) is 0 Å². The summed E-state index contributed by atoms with van der Waals surface area (Å²) in [6, 6.07) is 15.6. The van der Waals surface area contributed by atoms with Gasteiger partial charge in [-0.05, 0) is 29.2 Å². The number of likely N-dealkylation sites (tertiary alicyclic amines) is 1. The normalized spacial score (nSPS) is 23.2. The van der Waals surface area contributed by atoms with Crippen LogP contribution in [0, 0.1) is 0 Å². The van der Waals surface area contributed by atoms with Gasteiger partial charge in [0.2, 0.25) is 0 Å². The fourth-order valence-corrected chi connectivity index (χ4v) is 5.08. The summed E-state index contributed by atoms with van der Waals surface area (Å²) in [7, 11) is -3.20. The van der Waals surface area contributed by atoms with Gasteiger partial charge in [-0.15, -0.1) is 0 Å². The number of anilines is 1. The molecule has 0 spiro atoms. The standard InChI is InChI=1S/C18H21N3O4S/c22-18(23)20-9-8-16(12-20)21-11-15-7-6-14(13-4-2-1-3-5-13)10-17(15)19-26(21,24)25/h1-7,10,16,19,24-25H,8-9,11-12H2,(H,22,23). The minimum Gasteiger partial charge on any atom is -0.465 e. The lowest BCUT2D eigenvalue weighted by Crippen LogP contribution is -2.44. The highest BCUT2D eigenvalue weighted by atomic mass is 32.3. The highest BCUT2D eigenvalue weighted by Crippen LogP contribution is 2.51. The van der Waals surface area contributed by atoms with Gasteiger partial charge in [-0.2, -0.15) is 4.31 Å². The number of amides is 1. The molecule has 1 unspecified atom stereocenters. The van der Waals surface area contributed by atoms with E-state index in [1.807, 2.05) is 48.5 Å². The van der Waals surface area contributed by atoms with Gasteiger partial charge >= 0.3 is 6.09 Å². The summed E-state index contributed by atoms with van der Waals surface area (Å²) in [6.45, 7) is 1.06. The maximum absolute atomic E-state index is 11.1. The van der Waals surface area contributed by atoms with Crippen LogP contribution in [0.2, 0.25) is 0 Å². The lowest BCUT2D eigenvalue weighted by molar-refractivity contribution is 0.152. The SMILES string of the molecule is O=C(O)N1CCC(N2Cc3ccc(-c4ccccc4)cc3NS2(O)O)C1. The molecule has 0 bridgehead atoms. The number of hydrogen-bond donors (Lipinski definition) is 4. The lowest BCUT2D eigenvalue weighted by Gasteiger charge is -2.49. The van der Waals surface area contributed by atoms with Crippen molar-refractivity contribution in [3.8, 4) is 11.1 Å². The van der Waals surface area contributed by atoms with Crippen molar-refractivity contribution in [1.29, 1.82) is 0 Å². The number of rotatable bonds is 2. The van der Waals surface area contributed by atoms with E-state index in [4.69, 9.17) is 5.11 Å². The summed E-state index contributed by atoms with van der Waals surface area (Å²) in [4.78, 5) is 12.4. The van der Waals surface area contributed by atoms with Crippen LogP contribution in [-0.2, 0) is 6.54 Å². The molecule has 1 saturated heterocycles. The molecule has 1 atom stereocenters. The summed E-state index contributed by atoms with van der Waals surface area (Å²) in [5.74, 6) is 0. The van der Waals surface area contributed by atoms with Crippen LogP contribution < -0.4 is 4.72 Å². The second-order valence-corrected chi connectivity index (χ2v) is 8.32. The molecule has 2 heterocycles. The van der Waals surface area contributed by atoms with Gasteiger partial charge in [0, 0.05) is 19.6 Å². The zero-order valence-corrected chi connectivity index (χ0v) is 14.9. The minimum atomic E-state index is -3.20. The molecular weight excluding hydrogens is 354 g/mol. The molecule has 138 valence electrons. The topological polar surface area (TPSA) is 96.3 Å². The molecule has 4 N–H and O–H groups in total. The zero-order valence-electron chi connectivity index (χ0n) is 14.1. The second kappa shape index (κ2) is 6.48. The number of nitrogens with one attached hydrogen (secondary N) is 1. The van der Waals surface area contributed by atoms with Crippen molar-refractivity contribution in [2.75, 3.05) is 17.8 Å². The Morgan fingerprint density at radius 3 is 2.58 bits per heavy atom. The van der Waals surface area contributed by atoms with Gasteiger partial charge in [-0.3, -0.25) is 13.8 Å². The smallest absolute Gasteiger partial charge is 0.407 e. The highest BCUT2D eigenvalue weighted by molar-refractivity contribution is 8.23. The van der Waals surface area contributed by atoms with Gasteiger partial charge < -0.3 is 10.0 Å². The van der Waals surface area contributed by atoms with Crippen LogP contribution in [0.4, 0.5) is 10.5 Å². The summed E-state index contributed by atoms with van der Waals surface area (Å²) in [6.07, 6.45) is -0.386. The van der Waals surface area contributed by atoms with Crippen molar-refractivity contribution < 1.29 is 19.0 Å². The monoisotopic (exact) mass is 375 g/mol. The molecule has 7 nitrogen and oxygen atoms in total. The molecule has 0 saturated carbocycles. The Labute approximate surface area is 153 Å². The Balaban J connectivity index is 1.60. The van der Waals surface area contributed by atoms with Crippen LogP contribution >= 0.6 is 11.0 Å². The van der Waals surface area contributed by atoms with Crippen LogP contribution in [0.25, 0.3) is 11.1 Å². The molecule has 2 aromatic carbocycles. The number of nitrogens with zero attached hydrogens (tertiary/aromatic N) is 2. The first kappa shape index (κ1) is 17.2. The molecule has 2 aliphatic rings. The van der Waals surface area contributed by atoms with Crippen LogP contribution in [0.15, 0.2) is 48.5 Å². The molecule has 1 amide bonds. The summed E-state index contributed by atoms with van der Waals surface area (Å²) in [5.41, 5.74) is 3.72. The number of fused-ring (bicyclic) bond motifs is 1. The van der Waals surface area contributed by atoms with Crippen molar-refractivity contribution in [3.63, 3.8) is 0 Å². The maximum Gasteiger partial charge on any atom is 0.407 e. The Bertz CT molecular complexity index is 830. The predicted molar refractivity (Wildman–Crippen MR) is 102 cm³/mol. The molecule has 1 fully saturated rings. The van der Waals surface area contributed by atoms with Crippen molar-refractivity contribution in [2.45, 2.75) is 19.0 Å². The third-order valence-electron chi connectivity index (χ3n) is 4.96. The Kier molecular flexibility index (Phi) is 4.28. The average molecular weight is 375 g/mol. The van der Waals surface area contributed by atoms with Crippen molar-refractivity contribution >= 4 is 22.7 Å². The largest absolute Gasteiger partial charge is 0.465 e. The van der Waals surface area contributed by atoms with Crippen LogP contribution in [0.1, 0.15) is 12.0 Å². The van der Waals surface area contributed by atoms with Gasteiger partial charge in [-0.1, -0.05) is 53.4 Å². The fourth-order valence-electron chi connectivity index (χ4n) is 3.57. The molecule has 8 heteroatoms. The lowest BCUT2D eigenvalue weighted by atomic mass is 10.0. The van der Waals surface area contributed by atoms with Gasteiger partial charge in [0.15, 0.2) is 0 Å². The van der Waals surface area contributed by atoms with E-state index in [0.717, 1.165) is 16.7 Å². The Morgan fingerprint density at radius 2 is 1.88 bits per heavy atom. The van der Waals surface area contributed by atoms with Gasteiger partial charge in [0.1, 0.15) is 0 Å². The number of carboxylic acid groups (broad SMARTS) is 1. The summed E-state index contributed by atoms with van der Waals surface area (Å²) >= 11 is 0. The van der Waals surface area contributed by atoms with Crippen molar-refractivity contribution in [3.05, 3.63) is 54.1 Å². The maximum atomic E-state index is 11.1. The first-order valence-electron chi connectivity index (χ1n) is 8.43. The summed E-state index contributed by atoms with van der Waals surface area (Å²) in [5, 5.41) is 9.13. The molecule has 26 heavy (non-hydrogen) atoms. The Hall–Kier alpha value is -2.26. The van der Waals surface area contributed by atoms with E-state index in [2.05, 4.69) is 4.72 Å². The third-order valence-corrected chi connectivity index (χ3v) is 6.53. The van der Waals surface area contributed by atoms with E-state index < -0.39 is 17.1 Å². The zero-order chi connectivity index (χ0) is 18.3. The predicted octanol–water partition coefficient (Wildman–Crippen LogP) is 3.91. The third kappa shape index (κ3) is 3.12. The summed E-state index contributed by atoms with van der Waals surface area (Å²) < 4.78 is 25.7. The minimum absolute atomic E-state index is 0.217. The van der Waals surface area contributed by atoms with Crippen LogP contribution in [0.5, 0.6) is 0 Å². The number of carbonyl (C=O) groups is 1.